The van der Waals surface area contributed by atoms with Gasteiger partial charge in [0.2, 0.25) is 0 Å². The molecule has 1 amide bonds. The van der Waals surface area contributed by atoms with Crippen LogP contribution in [0, 0.1) is 0 Å². The third kappa shape index (κ3) is 5.20. The normalized spacial score (nSPS) is 22.6. The summed E-state index contributed by atoms with van der Waals surface area (Å²) in [7, 11) is 1.71. The second-order valence-corrected chi connectivity index (χ2v) is 11.4. The maximum Gasteiger partial charge on any atom is 0.416 e. The van der Waals surface area contributed by atoms with E-state index in [4.69, 9.17) is 16.3 Å². The SMILES string of the molecule is COCCN1C[C@H]2C[C@@H]1CN2C1=NC(=O)/C(=C/c2ccc3c(cnn3Cc3ccc(Cl)cc3C(F)(F)F)c2)S1. The monoisotopic (exact) mass is 575 g/mol. The molecule has 2 fully saturated rings. The largest absolute Gasteiger partial charge is 0.416 e. The van der Waals surface area contributed by atoms with Crippen LogP contribution in [0.5, 0.6) is 0 Å². The fourth-order valence-electron chi connectivity index (χ4n) is 5.57. The number of aliphatic imine (C=N–C) groups is 1. The van der Waals surface area contributed by atoms with Crippen molar-refractivity contribution in [1.82, 2.24) is 19.6 Å². The molecular weight excluding hydrogens is 551 g/mol. The van der Waals surface area contributed by atoms with Gasteiger partial charge in [-0.2, -0.15) is 23.3 Å². The maximum absolute atomic E-state index is 13.5. The fraction of sp³-hybridized carbons (Fsp3) is 0.370. The molecule has 6 rings (SSSR count). The third-order valence-electron chi connectivity index (χ3n) is 7.45. The molecule has 2 atom stereocenters. The number of fused-ring (bicyclic) bond motifs is 3. The van der Waals surface area contributed by atoms with Crippen molar-refractivity contribution in [2.75, 3.05) is 33.4 Å². The number of amidine groups is 1. The van der Waals surface area contributed by atoms with Gasteiger partial charge in [-0.1, -0.05) is 23.7 Å². The molecule has 1 aromatic heterocycles. The number of hydrogen-bond acceptors (Lipinski definition) is 6. The Labute approximate surface area is 232 Å². The number of ether oxygens (including phenoxy) is 1. The Morgan fingerprint density at radius 1 is 1.18 bits per heavy atom. The molecule has 12 heteroatoms. The molecule has 3 aliphatic heterocycles. The number of carbonyl (C=O) groups excluding carboxylic acids is 1. The van der Waals surface area contributed by atoms with Crippen molar-refractivity contribution < 1.29 is 22.7 Å². The molecule has 39 heavy (non-hydrogen) atoms. The average Bonchev–Trinajstić information content (AvgIpc) is 3.67. The van der Waals surface area contributed by atoms with Gasteiger partial charge >= 0.3 is 6.18 Å². The number of piperazine rings is 1. The Morgan fingerprint density at radius 3 is 2.77 bits per heavy atom. The van der Waals surface area contributed by atoms with Crippen LogP contribution in [0.1, 0.15) is 23.1 Å². The van der Waals surface area contributed by atoms with Crippen LogP contribution in [0.25, 0.3) is 17.0 Å². The Hall–Kier alpha value is -2.86. The summed E-state index contributed by atoms with van der Waals surface area (Å²) in [6.45, 7) is 3.38. The first-order valence-electron chi connectivity index (χ1n) is 12.5. The molecule has 3 aliphatic rings. The van der Waals surface area contributed by atoms with Gasteiger partial charge in [0.15, 0.2) is 5.17 Å². The van der Waals surface area contributed by atoms with E-state index in [0.29, 0.717) is 29.1 Å². The standard InChI is InChI=1S/C27H25ClF3N5O2S/c1-38-7-6-34-14-21-11-20(34)15-35(21)26-33-25(37)24(39-26)9-16-2-5-23-18(8-16)12-32-36(23)13-17-3-4-19(28)10-22(17)27(29,30)31/h2-5,8-10,12,20-21H,6-7,11,13-15H2,1H3/b24-9-/t20-,21-/m1/s1. The van der Waals surface area contributed by atoms with E-state index >= 15 is 0 Å². The number of halogens is 4. The Morgan fingerprint density at radius 2 is 2.03 bits per heavy atom. The van der Waals surface area contributed by atoms with Crippen LogP contribution in [-0.4, -0.2) is 76.1 Å². The quantitative estimate of drug-likeness (QED) is 0.380. The van der Waals surface area contributed by atoms with Crippen molar-refractivity contribution in [2.24, 2.45) is 4.99 Å². The summed E-state index contributed by atoms with van der Waals surface area (Å²) in [5, 5.41) is 5.86. The Kier molecular flexibility index (Phi) is 6.95. The van der Waals surface area contributed by atoms with Crippen LogP contribution in [-0.2, 0) is 22.3 Å². The first-order valence-corrected chi connectivity index (χ1v) is 13.7. The molecule has 3 aromatic rings. The predicted octanol–water partition coefficient (Wildman–Crippen LogP) is 5.13. The van der Waals surface area contributed by atoms with E-state index in [1.807, 2.05) is 12.1 Å². The zero-order valence-electron chi connectivity index (χ0n) is 21.0. The van der Waals surface area contributed by atoms with Gasteiger partial charge in [0.1, 0.15) is 0 Å². The lowest BCUT2D eigenvalue weighted by molar-refractivity contribution is -0.138. The Balaban J connectivity index is 1.16. The highest BCUT2D eigenvalue weighted by molar-refractivity contribution is 8.18. The molecule has 0 N–H and O–H groups in total. The number of benzene rings is 2. The number of aromatic nitrogens is 2. The van der Waals surface area contributed by atoms with Crippen LogP contribution < -0.4 is 0 Å². The van der Waals surface area contributed by atoms with Gasteiger partial charge < -0.3 is 9.64 Å². The van der Waals surface area contributed by atoms with E-state index in [-0.39, 0.29) is 23.0 Å². The molecule has 2 aromatic carbocycles. The minimum Gasteiger partial charge on any atom is -0.383 e. The summed E-state index contributed by atoms with van der Waals surface area (Å²) < 4.78 is 47.4. The molecule has 0 unspecified atom stereocenters. The lowest BCUT2D eigenvalue weighted by atomic mass is 10.1. The topological polar surface area (TPSA) is 63.0 Å². The van der Waals surface area contributed by atoms with Crippen LogP contribution in [0.15, 0.2) is 52.5 Å². The van der Waals surface area contributed by atoms with E-state index in [0.717, 1.165) is 48.2 Å². The number of hydrogen-bond donors (Lipinski definition) is 0. The molecule has 204 valence electrons. The molecular formula is C27H25ClF3N5O2S. The molecule has 4 heterocycles. The number of carbonyl (C=O) groups is 1. The highest BCUT2D eigenvalue weighted by Gasteiger charge is 2.45. The van der Waals surface area contributed by atoms with Crippen LogP contribution in [0.4, 0.5) is 13.2 Å². The van der Waals surface area contributed by atoms with E-state index in [9.17, 15) is 18.0 Å². The van der Waals surface area contributed by atoms with Crippen LogP contribution in [0.3, 0.4) is 0 Å². The first-order chi connectivity index (χ1) is 18.7. The van der Waals surface area contributed by atoms with Gasteiger partial charge in [-0.05, 0) is 59.7 Å². The molecule has 7 nitrogen and oxygen atoms in total. The predicted molar refractivity (Wildman–Crippen MR) is 146 cm³/mol. The minimum atomic E-state index is -4.52. The van der Waals surface area contributed by atoms with Crippen molar-refractivity contribution >= 4 is 51.4 Å². The number of methoxy groups -OCH3 is 1. The summed E-state index contributed by atoms with van der Waals surface area (Å²) >= 11 is 7.20. The zero-order chi connectivity index (χ0) is 27.3. The van der Waals surface area contributed by atoms with E-state index in [2.05, 4.69) is 19.9 Å². The van der Waals surface area contributed by atoms with Crippen molar-refractivity contribution in [3.63, 3.8) is 0 Å². The van der Waals surface area contributed by atoms with Gasteiger partial charge in [-0.15, -0.1) is 0 Å². The molecule has 0 radical (unpaired) electrons. The van der Waals surface area contributed by atoms with Gasteiger partial charge in [-0.25, -0.2) is 0 Å². The lowest BCUT2D eigenvalue weighted by Gasteiger charge is -2.34. The second-order valence-electron chi connectivity index (χ2n) is 9.91. The molecule has 0 saturated carbocycles. The number of rotatable bonds is 6. The fourth-order valence-corrected chi connectivity index (χ4v) is 6.74. The van der Waals surface area contributed by atoms with E-state index in [1.54, 1.807) is 25.4 Å². The zero-order valence-corrected chi connectivity index (χ0v) is 22.6. The number of thioether (sulfide) groups is 1. The van der Waals surface area contributed by atoms with Crippen molar-refractivity contribution in [2.45, 2.75) is 31.2 Å². The van der Waals surface area contributed by atoms with Crippen molar-refractivity contribution in [1.29, 1.82) is 0 Å². The number of amides is 1. The number of alkyl halides is 3. The molecule has 2 saturated heterocycles. The van der Waals surface area contributed by atoms with Gasteiger partial charge in [0.05, 0.1) is 35.3 Å². The highest BCUT2D eigenvalue weighted by atomic mass is 35.5. The smallest absolute Gasteiger partial charge is 0.383 e. The van der Waals surface area contributed by atoms with E-state index < -0.39 is 11.7 Å². The van der Waals surface area contributed by atoms with E-state index in [1.165, 1.54) is 28.6 Å². The second kappa shape index (κ2) is 10.3. The Bertz CT molecular complexity index is 1500. The number of likely N-dealkylation sites (tertiary alicyclic amines) is 2. The molecule has 0 aliphatic carbocycles. The van der Waals surface area contributed by atoms with Gasteiger partial charge in [0, 0.05) is 49.2 Å². The molecule has 0 spiro atoms. The average molecular weight is 576 g/mol. The van der Waals surface area contributed by atoms with Crippen molar-refractivity contribution in [3.05, 3.63) is 69.2 Å². The van der Waals surface area contributed by atoms with Crippen molar-refractivity contribution in [3.8, 4) is 0 Å². The summed E-state index contributed by atoms with van der Waals surface area (Å²) in [6, 6.07) is 10.1. The summed E-state index contributed by atoms with van der Waals surface area (Å²) in [4.78, 5) is 22.3. The summed E-state index contributed by atoms with van der Waals surface area (Å²) in [5.41, 5.74) is 0.791. The lowest BCUT2D eigenvalue weighted by Crippen LogP contribution is -2.48. The van der Waals surface area contributed by atoms with Gasteiger partial charge in [0.25, 0.3) is 5.91 Å². The summed E-state index contributed by atoms with van der Waals surface area (Å²) in [6.07, 6.45) is -0.0343. The summed E-state index contributed by atoms with van der Waals surface area (Å²) in [5.74, 6) is -0.257. The maximum atomic E-state index is 13.5. The first kappa shape index (κ1) is 26.4. The third-order valence-corrected chi connectivity index (χ3v) is 8.71. The highest BCUT2D eigenvalue weighted by Crippen LogP contribution is 2.38. The van der Waals surface area contributed by atoms with Gasteiger partial charge in [-0.3, -0.25) is 14.4 Å². The van der Waals surface area contributed by atoms with Crippen LogP contribution >= 0.6 is 23.4 Å². The minimum absolute atomic E-state index is 0.0295. The van der Waals surface area contributed by atoms with Crippen LogP contribution in [0.2, 0.25) is 5.02 Å². The molecule has 2 bridgehead atoms. The number of nitrogens with zero attached hydrogens (tertiary/aromatic N) is 5.